The summed E-state index contributed by atoms with van der Waals surface area (Å²) in [6.07, 6.45) is 0.132. The van der Waals surface area contributed by atoms with Crippen LogP contribution in [0.15, 0.2) is 218 Å². The van der Waals surface area contributed by atoms with Gasteiger partial charge in [-0.2, -0.15) is 0 Å². The summed E-state index contributed by atoms with van der Waals surface area (Å²) in [5, 5.41) is 30.6. The average molecular weight is 1010 g/mol. The summed E-state index contributed by atoms with van der Waals surface area (Å²) < 4.78 is 29.1. The second kappa shape index (κ2) is 36.2. The van der Waals surface area contributed by atoms with Gasteiger partial charge in [-0.3, -0.25) is 9.59 Å². The minimum atomic E-state index is -0.712. The van der Waals surface area contributed by atoms with Crippen LogP contribution < -0.4 is 9.47 Å². The average Bonchev–Trinajstić information content (AvgIpc) is 3.45. The second-order valence-corrected chi connectivity index (χ2v) is 16.3. The van der Waals surface area contributed by atoms with Crippen molar-refractivity contribution < 1.29 is 48.2 Å². The van der Waals surface area contributed by atoms with Crippen molar-refractivity contribution in [3.63, 3.8) is 0 Å². The van der Waals surface area contributed by atoms with Gasteiger partial charge in [0.1, 0.15) is 36.9 Å². The molecule has 0 bridgehead atoms. The predicted molar refractivity (Wildman–Crippen MR) is 310 cm³/mol. The van der Waals surface area contributed by atoms with Gasteiger partial charge in [0.25, 0.3) is 0 Å². The Balaban J connectivity index is 0.000000246. The molecular formula is C65H72O10. The van der Waals surface area contributed by atoms with Crippen LogP contribution in [0.25, 0.3) is 53.9 Å². The molecule has 10 nitrogen and oxygen atoms in total. The van der Waals surface area contributed by atoms with Crippen LogP contribution in [0.1, 0.15) is 28.1 Å². The number of carbonyl (C=O) groups excluding carboxylic acids is 2. The Morgan fingerprint density at radius 2 is 0.547 bits per heavy atom. The van der Waals surface area contributed by atoms with E-state index in [9.17, 15) is 19.8 Å². The van der Waals surface area contributed by atoms with Gasteiger partial charge in [0.15, 0.2) is 12.6 Å². The Kier molecular flexibility index (Phi) is 29.7. The molecule has 0 spiro atoms. The maximum atomic E-state index is 11.2. The van der Waals surface area contributed by atoms with E-state index in [0.29, 0.717) is 22.6 Å². The first kappa shape index (κ1) is 61.5. The molecule has 0 aliphatic rings. The largest absolute Gasteiger partial charge is 0.490 e. The van der Waals surface area contributed by atoms with Crippen LogP contribution in [0.2, 0.25) is 0 Å². The number of rotatable bonds is 12. The SMILES string of the molecule is C.COC.COC.COCC(O)COc1ccc2ccccc2c1C=O.COCC(O)COc1ccc2ccccc2c1C=O.c1ccc2ccccc2c1.c1ccc2ccccc2c1.c1ccc2ccccc2c1. The highest BCUT2D eigenvalue weighted by Crippen LogP contribution is 2.28. The third-order valence-corrected chi connectivity index (χ3v) is 10.7. The van der Waals surface area contributed by atoms with Crippen LogP contribution >= 0.6 is 0 Å². The molecule has 2 atom stereocenters. The Morgan fingerprint density at radius 3 is 0.760 bits per heavy atom. The molecule has 0 aromatic heterocycles. The number of fused-ring (bicyclic) bond motifs is 5. The Bertz CT molecular complexity index is 2680. The Labute approximate surface area is 442 Å². The lowest BCUT2D eigenvalue weighted by Crippen LogP contribution is -2.22. The topological polar surface area (TPSA) is 130 Å². The molecule has 0 radical (unpaired) electrons. The highest BCUT2D eigenvalue weighted by atomic mass is 16.5. The van der Waals surface area contributed by atoms with Gasteiger partial charge >= 0.3 is 0 Å². The lowest BCUT2D eigenvalue weighted by Gasteiger charge is -2.13. The fraction of sp³-hybridized carbons (Fsp3) is 0.200. The molecule has 0 fully saturated rings. The zero-order chi connectivity index (χ0) is 53.2. The molecule has 0 saturated carbocycles. The van der Waals surface area contributed by atoms with Gasteiger partial charge in [-0.1, -0.05) is 214 Å². The Hall–Kier alpha value is -7.80. The van der Waals surface area contributed by atoms with Crippen molar-refractivity contribution in [3.05, 3.63) is 230 Å². The second-order valence-electron chi connectivity index (χ2n) is 16.3. The molecule has 2 N–H and O–H groups in total. The summed E-state index contributed by atoms with van der Waals surface area (Å²) in [6.45, 7) is 0.577. The molecule has 392 valence electrons. The molecule has 0 amide bonds. The third-order valence-electron chi connectivity index (χ3n) is 10.7. The molecule has 10 aromatic rings. The number of hydrogen-bond donors (Lipinski definition) is 2. The molecule has 10 aromatic carbocycles. The van der Waals surface area contributed by atoms with Gasteiger partial charge in [0, 0.05) is 42.7 Å². The van der Waals surface area contributed by atoms with E-state index in [0.717, 1.165) is 34.1 Å². The van der Waals surface area contributed by atoms with Gasteiger partial charge in [-0.15, -0.1) is 0 Å². The molecule has 10 rings (SSSR count). The van der Waals surface area contributed by atoms with Crippen LogP contribution in [0.4, 0.5) is 0 Å². The molecule has 0 heterocycles. The van der Waals surface area contributed by atoms with Gasteiger partial charge < -0.3 is 38.6 Å². The summed E-state index contributed by atoms with van der Waals surface area (Å²) in [4.78, 5) is 22.5. The smallest absolute Gasteiger partial charge is 0.154 e. The summed E-state index contributed by atoms with van der Waals surface area (Å²) >= 11 is 0. The number of ether oxygens (including phenoxy) is 6. The minimum Gasteiger partial charge on any atom is -0.490 e. The molecule has 0 aliphatic carbocycles. The number of benzene rings is 10. The van der Waals surface area contributed by atoms with E-state index in [1.165, 1.54) is 46.5 Å². The monoisotopic (exact) mass is 1010 g/mol. The van der Waals surface area contributed by atoms with Crippen LogP contribution in [-0.2, 0) is 18.9 Å². The fourth-order valence-electron chi connectivity index (χ4n) is 7.30. The fourth-order valence-corrected chi connectivity index (χ4v) is 7.30. The lowest BCUT2D eigenvalue weighted by atomic mass is 10.0. The third kappa shape index (κ3) is 20.9. The predicted octanol–water partition coefficient (Wildman–Crippen LogP) is 13.8. The van der Waals surface area contributed by atoms with Crippen molar-refractivity contribution in [2.24, 2.45) is 0 Å². The van der Waals surface area contributed by atoms with Crippen LogP contribution in [0, 0.1) is 0 Å². The first-order valence-corrected chi connectivity index (χ1v) is 23.9. The van der Waals surface area contributed by atoms with E-state index in [-0.39, 0.29) is 33.9 Å². The van der Waals surface area contributed by atoms with Crippen LogP contribution in [0.3, 0.4) is 0 Å². The number of aldehydes is 2. The number of hydrogen-bond acceptors (Lipinski definition) is 10. The lowest BCUT2D eigenvalue weighted by molar-refractivity contribution is 0.0324. The summed E-state index contributed by atoms with van der Waals surface area (Å²) in [5.74, 6) is 0.952. The maximum Gasteiger partial charge on any atom is 0.154 e. The number of aliphatic hydroxyl groups excluding tert-OH is 2. The summed E-state index contributed by atoms with van der Waals surface area (Å²) in [7, 11) is 9.52. The maximum absolute atomic E-state index is 11.2. The van der Waals surface area contributed by atoms with Crippen molar-refractivity contribution in [1.82, 2.24) is 0 Å². The van der Waals surface area contributed by atoms with E-state index >= 15 is 0 Å². The van der Waals surface area contributed by atoms with E-state index in [2.05, 4.69) is 155 Å². The van der Waals surface area contributed by atoms with Crippen LogP contribution in [-0.4, -0.2) is 104 Å². The number of carbonyl (C=O) groups is 2. The molecule has 10 heteroatoms. The summed E-state index contributed by atoms with van der Waals surface area (Å²) in [6, 6.07) is 72.6. The standard InChI is InChI=1S/2C15H16O4.3C10H8.2C2H6O.CH4/c2*1-18-9-12(17)10-19-15-7-6-11-4-2-3-5-13(11)14(15)8-16;3*1-2-6-10-8-4-3-7-9(10)5-1;2*1-3-2;/h2*2-8,12,17H,9-10H2,1H3;3*1-8H;2*1-2H3;1H4. The highest BCUT2D eigenvalue weighted by molar-refractivity contribution is 6.01. The zero-order valence-electron chi connectivity index (χ0n) is 43.1. The normalized spacial score (nSPS) is 10.7. The van der Waals surface area contributed by atoms with Crippen molar-refractivity contribution >= 4 is 66.4 Å². The minimum absolute atomic E-state index is 0. The molecule has 2 unspecified atom stereocenters. The quantitative estimate of drug-likeness (QED) is 0.114. The molecule has 75 heavy (non-hydrogen) atoms. The van der Waals surface area contributed by atoms with Gasteiger partial charge in [-0.05, 0) is 66.0 Å². The van der Waals surface area contributed by atoms with Crippen molar-refractivity contribution in [2.45, 2.75) is 19.6 Å². The first-order valence-electron chi connectivity index (χ1n) is 23.9. The molecular weight excluding hydrogens is 941 g/mol. The van der Waals surface area contributed by atoms with Gasteiger partial charge in [-0.25, -0.2) is 0 Å². The Morgan fingerprint density at radius 1 is 0.333 bits per heavy atom. The molecule has 0 aliphatic heterocycles. The zero-order valence-corrected chi connectivity index (χ0v) is 43.1. The van der Waals surface area contributed by atoms with Gasteiger partial charge in [0.05, 0.1) is 24.3 Å². The van der Waals surface area contributed by atoms with E-state index < -0.39 is 12.2 Å². The van der Waals surface area contributed by atoms with E-state index in [4.69, 9.17) is 18.9 Å². The number of aliphatic hydroxyl groups is 2. The van der Waals surface area contributed by atoms with Gasteiger partial charge in [0.2, 0.25) is 0 Å². The van der Waals surface area contributed by atoms with E-state index in [1.54, 1.807) is 40.6 Å². The van der Waals surface area contributed by atoms with Crippen molar-refractivity contribution in [1.29, 1.82) is 0 Å². The highest BCUT2D eigenvalue weighted by Gasteiger charge is 2.12. The summed E-state index contributed by atoms with van der Waals surface area (Å²) in [5.41, 5.74) is 1.01. The van der Waals surface area contributed by atoms with Crippen molar-refractivity contribution in [3.8, 4) is 11.5 Å². The first-order chi connectivity index (χ1) is 36.2. The van der Waals surface area contributed by atoms with E-state index in [1.807, 2.05) is 60.7 Å². The number of methoxy groups -OCH3 is 4. The van der Waals surface area contributed by atoms with Crippen LogP contribution in [0.5, 0.6) is 11.5 Å². The van der Waals surface area contributed by atoms with Crippen molar-refractivity contribution in [2.75, 3.05) is 69.1 Å². The molecule has 0 saturated heterocycles.